The monoisotopic (exact) mass is 306 g/mol. The molecule has 0 bridgehead atoms. The van der Waals surface area contributed by atoms with Crippen molar-refractivity contribution in [2.75, 3.05) is 36.8 Å². The molecule has 0 aliphatic carbocycles. The number of amides is 1. The van der Waals surface area contributed by atoms with Gasteiger partial charge in [0.1, 0.15) is 5.82 Å². The van der Waals surface area contributed by atoms with Crippen LogP contribution in [0.3, 0.4) is 0 Å². The first kappa shape index (κ1) is 13.8. The third-order valence-electron chi connectivity index (χ3n) is 3.66. The van der Waals surface area contributed by atoms with Crippen molar-refractivity contribution in [2.45, 2.75) is 0 Å². The van der Waals surface area contributed by atoms with Gasteiger partial charge in [-0.15, -0.1) is 0 Å². The highest BCUT2D eigenvalue weighted by molar-refractivity contribution is 6.31. The van der Waals surface area contributed by atoms with Gasteiger partial charge in [-0.3, -0.25) is 0 Å². The quantitative estimate of drug-likeness (QED) is 0.844. The van der Waals surface area contributed by atoms with Gasteiger partial charge in [0, 0.05) is 48.3 Å². The second kappa shape index (κ2) is 5.29. The Morgan fingerprint density at radius 1 is 1.24 bits per heavy atom. The molecule has 1 aliphatic heterocycles. The molecule has 1 aliphatic rings. The Hall–Kier alpha value is -2.21. The number of aromatic nitrogens is 1. The first-order valence-corrected chi connectivity index (χ1v) is 7.01. The van der Waals surface area contributed by atoms with Crippen LogP contribution in [0, 0.1) is 0 Å². The molecule has 0 radical (unpaired) electrons. The van der Waals surface area contributed by atoms with Crippen LogP contribution in [0.2, 0.25) is 5.02 Å². The summed E-state index contributed by atoms with van der Waals surface area (Å²) in [4.78, 5) is 18.8. The van der Waals surface area contributed by atoms with E-state index in [9.17, 15) is 4.79 Å². The van der Waals surface area contributed by atoms with Gasteiger partial charge in [0.2, 0.25) is 0 Å². The van der Waals surface area contributed by atoms with Crippen molar-refractivity contribution in [2.24, 2.45) is 0 Å². The molecule has 0 saturated carbocycles. The fourth-order valence-corrected chi connectivity index (χ4v) is 2.77. The average Bonchev–Trinajstić information content (AvgIpc) is 2.46. The fraction of sp³-hybridized carbons (Fsp3) is 0.286. The van der Waals surface area contributed by atoms with Gasteiger partial charge in [-0.25, -0.2) is 9.78 Å². The van der Waals surface area contributed by atoms with Crippen LogP contribution in [0.25, 0.3) is 10.9 Å². The predicted molar refractivity (Wildman–Crippen MR) is 83.0 cm³/mol. The Morgan fingerprint density at radius 2 is 1.95 bits per heavy atom. The van der Waals surface area contributed by atoms with E-state index in [0.717, 1.165) is 16.6 Å². The van der Waals surface area contributed by atoms with E-state index in [1.165, 1.54) is 4.90 Å². The van der Waals surface area contributed by atoms with Crippen LogP contribution in [0.5, 0.6) is 0 Å². The fourth-order valence-electron chi connectivity index (χ4n) is 2.60. The summed E-state index contributed by atoms with van der Waals surface area (Å²) >= 11 is 6.00. The second-order valence-corrected chi connectivity index (χ2v) is 5.42. The van der Waals surface area contributed by atoms with Crippen molar-refractivity contribution in [3.8, 4) is 0 Å². The summed E-state index contributed by atoms with van der Waals surface area (Å²) in [5.74, 6) is 0.431. The van der Waals surface area contributed by atoms with E-state index in [2.05, 4.69) is 9.88 Å². The number of nitrogens with zero attached hydrogens (tertiary/aromatic N) is 3. The van der Waals surface area contributed by atoms with Crippen molar-refractivity contribution in [1.29, 1.82) is 0 Å². The molecular formula is C14H15ClN4O2. The number of benzene rings is 1. The van der Waals surface area contributed by atoms with Crippen LogP contribution in [-0.4, -0.2) is 47.3 Å². The number of carboxylic acid groups (broad SMARTS) is 1. The van der Waals surface area contributed by atoms with E-state index in [1.807, 2.05) is 18.2 Å². The van der Waals surface area contributed by atoms with Crippen LogP contribution >= 0.6 is 11.6 Å². The summed E-state index contributed by atoms with van der Waals surface area (Å²) in [5, 5.41) is 10.6. The summed E-state index contributed by atoms with van der Waals surface area (Å²) in [7, 11) is 0. The highest BCUT2D eigenvalue weighted by Gasteiger charge is 2.22. The van der Waals surface area contributed by atoms with Crippen LogP contribution in [-0.2, 0) is 0 Å². The van der Waals surface area contributed by atoms with Crippen LogP contribution in [0.1, 0.15) is 0 Å². The predicted octanol–water partition coefficient (Wildman–Crippen LogP) is 2.27. The van der Waals surface area contributed by atoms with Crippen molar-refractivity contribution >= 4 is 40.1 Å². The van der Waals surface area contributed by atoms with E-state index in [1.54, 1.807) is 6.07 Å². The minimum atomic E-state index is -0.875. The highest BCUT2D eigenvalue weighted by Crippen LogP contribution is 2.30. The van der Waals surface area contributed by atoms with Gasteiger partial charge in [0.15, 0.2) is 0 Å². The molecule has 1 fully saturated rings. The number of carbonyl (C=O) groups is 1. The number of hydrogen-bond donors (Lipinski definition) is 2. The molecule has 0 spiro atoms. The summed E-state index contributed by atoms with van der Waals surface area (Å²) in [5.41, 5.74) is 7.59. The standard InChI is InChI=1S/C14H15ClN4O2/c15-9-1-2-10-11(7-9)17-13(16)8-12(10)18-3-5-19(6-4-18)14(20)21/h1-2,7-8H,3-6H2,(H2,16,17)(H,20,21). The van der Waals surface area contributed by atoms with Gasteiger partial charge in [0.05, 0.1) is 5.52 Å². The lowest BCUT2D eigenvalue weighted by Gasteiger charge is -2.35. The third kappa shape index (κ3) is 2.67. The maximum atomic E-state index is 11.0. The maximum Gasteiger partial charge on any atom is 0.407 e. The van der Waals surface area contributed by atoms with Crippen LogP contribution < -0.4 is 10.6 Å². The molecule has 1 aromatic carbocycles. The molecule has 110 valence electrons. The van der Waals surface area contributed by atoms with Crippen molar-refractivity contribution in [1.82, 2.24) is 9.88 Å². The Kier molecular flexibility index (Phi) is 3.47. The normalized spacial score (nSPS) is 15.5. The topological polar surface area (TPSA) is 82.7 Å². The lowest BCUT2D eigenvalue weighted by Crippen LogP contribution is -2.48. The lowest BCUT2D eigenvalue weighted by molar-refractivity contribution is 0.142. The summed E-state index contributed by atoms with van der Waals surface area (Å²) in [6.45, 7) is 2.22. The largest absolute Gasteiger partial charge is 0.465 e. The average molecular weight is 307 g/mol. The Bertz CT molecular complexity index is 693. The Morgan fingerprint density at radius 3 is 2.62 bits per heavy atom. The zero-order chi connectivity index (χ0) is 15.0. The smallest absolute Gasteiger partial charge is 0.407 e. The molecule has 3 rings (SSSR count). The van der Waals surface area contributed by atoms with Gasteiger partial charge in [-0.2, -0.15) is 0 Å². The summed E-state index contributed by atoms with van der Waals surface area (Å²) in [6.07, 6.45) is -0.875. The molecule has 6 nitrogen and oxygen atoms in total. The number of nitrogen functional groups attached to an aromatic ring is 1. The molecule has 0 unspecified atom stereocenters. The Balaban J connectivity index is 1.95. The van der Waals surface area contributed by atoms with E-state index >= 15 is 0 Å². The lowest BCUT2D eigenvalue weighted by atomic mass is 10.1. The molecule has 21 heavy (non-hydrogen) atoms. The minimum absolute atomic E-state index is 0.431. The number of halogens is 1. The first-order chi connectivity index (χ1) is 10.0. The van der Waals surface area contributed by atoms with Crippen molar-refractivity contribution in [3.63, 3.8) is 0 Å². The molecule has 2 aromatic rings. The molecule has 1 amide bonds. The number of rotatable bonds is 1. The molecule has 3 N–H and O–H groups in total. The Labute approximate surface area is 126 Å². The number of piperazine rings is 1. The zero-order valence-electron chi connectivity index (χ0n) is 11.3. The highest BCUT2D eigenvalue weighted by atomic mass is 35.5. The van der Waals surface area contributed by atoms with Gasteiger partial charge in [-0.05, 0) is 18.2 Å². The number of pyridine rings is 1. The number of anilines is 2. The number of nitrogens with two attached hydrogens (primary N) is 1. The number of fused-ring (bicyclic) bond motifs is 1. The zero-order valence-corrected chi connectivity index (χ0v) is 12.0. The van der Waals surface area contributed by atoms with Crippen LogP contribution in [0.15, 0.2) is 24.3 Å². The minimum Gasteiger partial charge on any atom is -0.465 e. The molecule has 2 heterocycles. The van der Waals surface area contributed by atoms with Gasteiger partial charge >= 0.3 is 6.09 Å². The maximum absolute atomic E-state index is 11.0. The van der Waals surface area contributed by atoms with E-state index in [-0.39, 0.29) is 0 Å². The molecule has 1 saturated heterocycles. The SMILES string of the molecule is Nc1cc(N2CCN(C(=O)O)CC2)c2ccc(Cl)cc2n1. The summed E-state index contributed by atoms with van der Waals surface area (Å²) in [6, 6.07) is 7.35. The van der Waals surface area contributed by atoms with E-state index < -0.39 is 6.09 Å². The molecule has 1 aromatic heterocycles. The molecular weight excluding hydrogens is 292 g/mol. The van der Waals surface area contributed by atoms with E-state index in [0.29, 0.717) is 37.0 Å². The van der Waals surface area contributed by atoms with Gasteiger partial charge < -0.3 is 20.6 Å². The van der Waals surface area contributed by atoms with Gasteiger partial charge in [0.25, 0.3) is 0 Å². The molecule has 0 atom stereocenters. The van der Waals surface area contributed by atoms with Gasteiger partial charge in [-0.1, -0.05) is 11.6 Å². The van der Waals surface area contributed by atoms with Crippen molar-refractivity contribution in [3.05, 3.63) is 29.3 Å². The van der Waals surface area contributed by atoms with Crippen molar-refractivity contribution < 1.29 is 9.90 Å². The third-order valence-corrected chi connectivity index (χ3v) is 3.90. The summed E-state index contributed by atoms with van der Waals surface area (Å²) < 4.78 is 0. The van der Waals surface area contributed by atoms with Crippen LogP contribution in [0.4, 0.5) is 16.3 Å². The number of hydrogen-bond acceptors (Lipinski definition) is 4. The van der Waals surface area contributed by atoms with E-state index in [4.69, 9.17) is 22.4 Å². The molecule has 7 heteroatoms. The first-order valence-electron chi connectivity index (χ1n) is 6.63. The second-order valence-electron chi connectivity index (χ2n) is 4.98.